The van der Waals surface area contributed by atoms with Crippen LogP contribution in [0.1, 0.15) is 168 Å². The fraction of sp³-hybridized carbons (Fsp3) is 0.761. The molecule has 0 saturated heterocycles. The van der Waals surface area contributed by atoms with Crippen molar-refractivity contribution in [2.45, 2.75) is 174 Å². The second-order valence-electron chi connectivity index (χ2n) is 15.7. The van der Waals surface area contributed by atoms with Crippen molar-refractivity contribution in [1.82, 2.24) is 0 Å². The predicted molar refractivity (Wildman–Crippen MR) is 231 cm³/mol. The highest BCUT2D eigenvalue weighted by atomic mass is 31.2. The molecule has 0 radical (unpaired) electrons. The molecule has 320 valence electrons. The molecular weight excluding hydrogens is 709 g/mol. The highest BCUT2D eigenvalue weighted by molar-refractivity contribution is 7.45. The Kier molecular flexibility index (Phi) is 37.8. The van der Waals surface area contributed by atoms with Gasteiger partial charge in [-0.2, -0.15) is 0 Å². The number of hydrogen-bond acceptors (Lipinski definition) is 7. The SMILES string of the molecule is CC/C=C\C/C=C\C/C=C\CCCCCCCCCCOCC(COP(=O)([O-])OCC[N+](C)(C)C)OC(=O)CCCCCCC/C=C\C/C=C\CCCCC. The first-order valence-electron chi connectivity index (χ1n) is 22.0. The topological polar surface area (TPSA) is 94.1 Å². The van der Waals surface area contributed by atoms with E-state index in [2.05, 4.69) is 74.6 Å². The van der Waals surface area contributed by atoms with Gasteiger partial charge in [0.2, 0.25) is 0 Å². The van der Waals surface area contributed by atoms with Gasteiger partial charge in [0.05, 0.1) is 34.4 Å². The largest absolute Gasteiger partial charge is 0.756 e. The Morgan fingerprint density at radius 3 is 1.58 bits per heavy atom. The minimum Gasteiger partial charge on any atom is -0.756 e. The highest BCUT2D eigenvalue weighted by Gasteiger charge is 2.20. The summed E-state index contributed by atoms with van der Waals surface area (Å²) in [4.78, 5) is 25.0. The molecule has 0 aromatic rings. The van der Waals surface area contributed by atoms with Gasteiger partial charge in [-0.3, -0.25) is 9.36 Å². The lowest BCUT2D eigenvalue weighted by atomic mass is 10.1. The van der Waals surface area contributed by atoms with Gasteiger partial charge in [0.1, 0.15) is 19.3 Å². The van der Waals surface area contributed by atoms with Gasteiger partial charge in [-0.05, 0) is 77.0 Å². The van der Waals surface area contributed by atoms with Crippen molar-refractivity contribution >= 4 is 13.8 Å². The first-order valence-corrected chi connectivity index (χ1v) is 23.5. The Hall–Kier alpha value is -1.80. The van der Waals surface area contributed by atoms with Crippen LogP contribution >= 0.6 is 7.82 Å². The summed E-state index contributed by atoms with van der Waals surface area (Å²) in [6.07, 6.45) is 48.0. The third kappa shape index (κ3) is 43.2. The maximum Gasteiger partial charge on any atom is 0.306 e. The molecule has 0 bridgehead atoms. The van der Waals surface area contributed by atoms with Crippen molar-refractivity contribution in [2.75, 3.05) is 54.1 Å². The second-order valence-corrected chi connectivity index (χ2v) is 17.1. The van der Waals surface area contributed by atoms with E-state index in [1.165, 1.54) is 64.2 Å². The zero-order valence-corrected chi connectivity index (χ0v) is 37.0. The van der Waals surface area contributed by atoms with Crippen LogP contribution in [0.25, 0.3) is 0 Å². The van der Waals surface area contributed by atoms with Gasteiger partial charge in [0, 0.05) is 13.0 Å². The Bertz CT molecular complexity index is 1060. The molecule has 0 spiro atoms. The van der Waals surface area contributed by atoms with Gasteiger partial charge >= 0.3 is 5.97 Å². The first-order chi connectivity index (χ1) is 26.6. The molecule has 0 fully saturated rings. The third-order valence-corrected chi connectivity index (χ3v) is 10.0. The fourth-order valence-electron chi connectivity index (χ4n) is 5.65. The van der Waals surface area contributed by atoms with Crippen LogP contribution in [0.15, 0.2) is 60.8 Å². The van der Waals surface area contributed by atoms with E-state index in [1.807, 2.05) is 21.1 Å². The smallest absolute Gasteiger partial charge is 0.306 e. The van der Waals surface area contributed by atoms with Gasteiger partial charge in [0.25, 0.3) is 7.82 Å². The molecule has 2 unspecified atom stereocenters. The summed E-state index contributed by atoms with van der Waals surface area (Å²) in [6.45, 7) is 5.23. The van der Waals surface area contributed by atoms with Crippen molar-refractivity contribution in [3.05, 3.63) is 60.8 Å². The number of nitrogens with zero attached hydrogens (tertiary/aromatic N) is 1. The Morgan fingerprint density at radius 1 is 0.582 bits per heavy atom. The number of allylic oxidation sites excluding steroid dienone is 10. The number of rotatable bonds is 40. The Labute approximate surface area is 339 Å². The van der Waals surface area contributed by atoms with E-state index in [0.29, 0.717) is 24.1 Å². The maximum atomic E-state index is 12.7. The molecule has 0 rings (SSSR count). The number of likely N-dealkylation sites (N-methyl/N-ethyl adjacent to an activating group) is 1. The molecule has 55 heavy (non-hydrogen) atoms. The van der Waals surface area contributed by atoms with Crippen molar-refractivity contribution in [3.63, 3.8) is 0 Å². The second kappa shape index (κ2) is 39.0. The standard InChI is InChI=1S/C46H84NO7P/c1-6-8-10-12-14-16-18-20-22-23-24-26-28-30-32-34-36-38-41-51-43-45(44-53-55(49,50)52-42-40-47(3,4)5)54-46(48)39-37-35-33-31-29-27-25-21-19-17-15-13-11-9-7-2/h8,10,14-17,20-22,25,45H,6-7,9,11-13,18-19,23-24,26-44H2,1-5H3/b10-8-,16-14-,17-15-,22-20-,25-21-. The first kappa shape index (κ1) is 53.2. The number of carbonyl (C=O) groups excluding carboxylic acids is 1. The minimum absolute atomic E-state index is 0.0191. The molecular formula is C46H84NO7P. The monoisotopic (exact) mass is 794 g/mol. The van der Waals surface area contributed by atoms with E-state index in [4.69, 9.17) is 18.5 Å². The molecule has 0 aliphatic heterocycles. The fourth-order valence-corrected chi connectivity index (χ4v) is 6.38. The molecule has 0 aromatic carbocycles. The van der Waals surface area contributed by atoms with E-state index in [-0.39, 0.29) is 25.8 Å². The van der Waals surface area contributed by atoms with Crippen molar-refractivity contribution in [2.24, 2.45) is 0 Å². The van der Waals surface area contributed by atoms with E-state index in [1.54, 1.807) is 0 Å². The van der Waals surface area contributed by atoms with Crippen LogP contribution in [0.3, 0.4) is 0 Å². The number of carbonyl (C=O) groups is 1. The van der Waals surface area contributed by atoms with Gasteiger partial charge < -0.3 is 27.9 Å². The minimum atomic E-state index is -4.53. The molecule has 9 heteroatoms. The molecule has 0 aromatic heterocycles. The van der Waals surface area contributed by atoms with Crippen LogP contribution in [-0.2, 0) is 27.9 Å². The van der Waals surface area contributed by atoms with Crippen molar-refractivity contribution in [1.29, 1.82) is 0 Å². The van der Waals surface area contributed by atoms with Crippen molar-refractivity contribution in [3.8, 4) is 0 Å². The van der Waals surface area contributed by atoms with Crippen LogP contribution in [0.5, 0.6) is 0 Å². The molecule has 8 nitrogen and oxygen atoms in total. The summed E-state index contributed by atoms with van der Waals surface area (Å²) >= 11 is 0. The molecule has 2 atom stereocenters. The quantitative estimate of drug-likeness (QED) is 0.0200. The van der Waals surface area contributed by atoms with E-state index in [0.717, 1.165) is 83.5 Å². The lowest BCUT2D eigenvalue weighted by Gasteiger charge is -2.28. The van der Waals surface area contributed by atoms with Gasteiger partial charge in [-0.1, -0.05) is 145 Å². The lowest BCUT2D eigenvalue weighted by molar-refractivity contribution is -0.870. The molecule has 0 aliphatic rings. The number of unbranched alkanes of at least 4 members (excludes halogenated alkanes) is 16. The van der Waals surface area contributed by atoms with Crippen LogP contribution < -0.4 is 4.89 Å². The molecule has 0 heterocycles. The summed E-state index contributed by atoms with van der Waals surface area (Å²) in [7, 11) is 1.33. The average Bonchev–Trinajstić information content (AvgIpc) is 3.13. The number of phosphoric ester groups is 1. The highest BCUT2D eigenvalue weighted by Crippen LogP contribution is 2.38. The number of hydrogen-bond donors (Lipinski definition) is 0. The predicted octanol–water partition coefficient (Wildman–Crippen LogP) is 12.3. The van der Waals surface area contributed by atoms with Gasteiger partial charge in [0.15, 0.2) is 0 Å². The van der Waals surface area contributed by atoms with E-state index < -0.39 is 13.9 Å². The molecule has 0 amide bonds. The van der Waals surface area contributed by atoms with Crippen LogP contribution in [-0.4, -0.2) is 70.7 Å². The zero-order valence-electron chi connectivity index (χ0n) is 36.1. The Morgan fingerprint density at radius 2 is 1.05 bits per heavy atom. The van der Waals surface area contributed by atoms with Crippen LogP contribution in [0.2, 0.25) is 0 Å². The number of phosphoric acid groups is 1. The van der Waals surface area contributed by atoms with Gasteiger partial charge in [-0.25, -0.2) is 0 Å². The Balaban J connectivity index is 4.27. The zero-order chi connectivity index (χ0) is 40.6. The number of ether oxygens (including phenoxy) is 2. The summed E-state index contributed by atoms with van der Waals surface area (Å²) < 4.78 is 34.6. The van der Waals surface area contributed by atoms with E-state index >= 15 is 0 Å². The summed E-state index contributed by atoms with van der Waals surface area (Å²) in [5.74, 6) is -0.353. The summed E-state index contributed by atoms with van der Waals surface area (Å²) in [5.41, 5.74) is 0. The molecule has 0 N–H and O–H groups in total. The summed E-state index contributed by atoms with van der Waals surface area (Å²) in [5, 5.41) is 0. The van der Waals surface area contributed by atoms with E-state index in [9.17, 15) is 14.3 Å². The maximum absolute atomic E-state index is 12.7. The van der Waals surface area contributed by atoms with Gasteiger partial charge in [-0.15, -0.1) is 0 Å². The normalized spacial score (nSPS) is 14.4. The summed E-state index contributed by atoms with van der Waals surface area (Å²) in [6, 6.07) is 0. The average molecular weight is 794 g/mol. The van der Waals surface area contributed by atoms with Crippen LogP contribution in [0, 0.1) is 0 Å². The van der Waals surface area contributed by atoms with Crippen LogP contribution in [0.4, 0.5) is 0 Å². The molecule has 0 saturated carbocycles. The lowest BCUT2D eigenvalue weighted by Crippen LogP contribution is -2.37. The third-order valence-electron chi connectivity index (χ3n) is 9.05. The molecule has 0 aliphatic carbocycles. The number of esters is 1. The van der Waals surface area contributed by atoms with Crippen molar-refractivity contribution < 1.29 is 37.3 Å². The number of quaternary nitrogens is 1.